The lowest BCUT2D eigenvalue weighted by Crippen LogP contribution is -2.62. The van der Waals surface area contributed by atoms with E-state index in [9.17, 15) is 24.9 Å². The highest BCUT2D eigenvalue weighted by atomic mass is 16.3. The summed E-state index contributed by atoms with van der Waals surface area (Å²) in [7, 11) is 0. The van der Waals surface area contributed by atoms with Crippen LogP contribution >= 0.6 is 0 Å². The fourth-order valence-electron chi connectivity index (χ4n) is 11.2. The molecule has 47 heavy (non-hydrogen) atoms. The van der Waals surface area contributed by atoms with Crippen LogP contribution in [0.5, 0.6) is 0 Å². The zero-order valence-electron chi connectivity index (χ0n) is 30.4. The van der Waals surface area contributed by atoms with Crippen LogP contribution in [0.4, 0.5) is 0 Å². The quantitative estimate of drug-likeness (QED) is 0.118. The maximum absolute atomic E-state index is 12.8. The molecular weight excluding hydrogens is 590 g/mol. The van der Waals surface area contributed by atoms with Crippen LogP contribution in [0.25, 0.3) is 0 Å². The number of hydrogen-bond donors (Lipinski definition) is 5. The second-order valence-corrected chi connectivity index (χ2v) is 16.8. The number of fused-ring (bicyclic) bond motifs is 5. The van der Waals surface area contributed by atoms with E-state index < -0.39 is 6.10 Å². The van der Waals surface area contributed by atoms with Crippen molar-refractivity contribution < 1.29 is 24.9 Å². The summed E-state index contributed by atoms with van der Waals surface area (Å²) < 4.78 is 0. The molecule has 0 radical (unpaired) electrons. The molecule has 0 aliphatic heterocycles. The number of carbonyl (C=O) groups excluding carboxylic acids is 2. The first-order valence-corrected chi connectivity index (χ1v) is 19.8. The Kier molecular flexibility index (Phi) is 14.5. The lowest BCUT2D eigenvalue weighted by atomic mass is 9.43. The Bertz CT molecular complexity index is 996. The molecule has 4 fully saturated rings. The number of rotatable bonds is 18. The number of carbonyl (C=O) groups is 2. The number of nitrogens with two attached hydrogens (primary N) is 1. The van der Waals surface area contributed by atoms with Crippen molar-refractivity contribution >= 4 is 11.8 Å². The van der Waals surface area contributed by atoms with Gasteiger partial charge in [-0.2, -0.15) is 0 Å². The molecule has 0 saturated heterocycles. The largest absolute Gasteiger partial charge is 0.393 e. The summed E-state index contributed by atoms with van der Waals surface area (Å²) in [5, 5.41) is 36.9. The molecule has 8 nitrogen and oxygen atoms in total. The van der Waals surface area contributed by atoms with Crippen molar-refractivity contribution in [1.82, 2.24) is 10.2 Å². The van der Waals surface area contributed by atoms with Gasteiger partial charge in [0.1, 0.15) is 0 Å². The van der Waals surface area contributed by atoms with Gasteiger partial charge in [0.05, 0.1) is 18.3 Å². The number of aliphatic hydroxyl groups excluding tert-OH is 3. The number of nitrogens with zero attached hydrogens (tertiary/aromatic N) is 1. The molecule has 4 rings (SSSR count). The first-order chi connectivity index (χ1) is 22.5. The van der Waals surface area contributed by atoms with E-state index in [2.05, 4.69) is 33.0 Å². The van der Waals surface area contributed by atoms with Gasteiger partial charge in [0.25, 0.3) is 0 Å². The van der Waals surface area contributed by atoms with Crippen molar-refractivity contribution in [2.45, 2.75) is 162 Å². The molecule has 0 aromatic heterocycles. The number of amides is 2. The van der Waals surface area contributed by atoms with Crippen LogP contribution in [0, 0.1) is 46.3 Å². The highest BCUT2D eigenvalue weighted by Crippen LogP contribution is 2.68. The summed E-state index contributed by atoms with van der Waals surface area (Å²) in [6.07, 6.45) is 15.3. The lowest BCUT2D eigenvalue weighted by molar-refractivity contribution is -0.207. The minimum atomic E-state index is -0.396. The molecular formula is C39H71N3O5. The fraction of sp³-hybridized carbons (Fsp3) is 0.949. The second kappa shape index (κ2) is 17.6. The molecule has 2 amide bonds. The van der Waals surface area contributed by atoms with Gasteiger partial charge in [-0.3, -0.25) is 9.59 Å². The van der Waals surface area contributed by atoms with Crippen LogP contribution in [0.2, 0.25) is 0 Å². The van der Waals surface area contributed by atoms with Crippen LogP contribution in [0.15, 0.2) is 0 Å². The maximum Gasteiger partial charge on any atom is 0.222 e. The van der Waals surface area contributed by atoms with Gasteiger partial charge in [-0.15, -0.1) is 0 Å². The predicted molar refractivity (Wildman–Crippen MR) is 188 cm³/mol. The topological polar surface area (TPSA) is 136 Å². The molecule has 0 heterocycles. The smallest absolute Gasteiger partial charge is 0.222 e. The Morgan fingerprint density at radius 3 is 2.38 bits per heavy atom. The molecule has 0 aromatic carbocycles. The maximum atomic E-state index is 12.8. The lowest BCUT2D eigenvalue weighted by Gasteiger charge is -2.63. The zero-order valence-corrected chi connectivity index (χ0v) is 30.4. The van der Waals surface area contributed by atoms with E-state index in [1.165, 1.54) is 0 Å². The van der Waals surface area contributed by atoms with Crippen molar-refractivity contribution in [2.75, 3.05) is 26.2 Å². The monoisotopic (exact) mass is 662 g/mol. The van der Waals surface area contributed by atoms with Crippen LogP contribution in [0.1, 0.15) is 143 Å². The van der Waals surface area contributed by atoms with Gasteiger partial charge in [-0.25, -0.2) is 0 Å². The van der Waals surface area contributed by atoms with Gasteiger partial charge >= 0.3 is 0 Å². The average Bonchev–Trinajstić information content (AvgIpc) is 3.40. The van der Waals surface area contributed by atoms with Crippen LogP contribution in [0.3, 0.4) is 0 Å². The first-order valence-electron chi connectivity index (χ1n) is 19.8. The third kappa shape index (κ3) is 8.93. The van der Waals surface area contributed by atoms with Gasteiger partial charge in [0, 0.05) is 32.5 Å². The van der Waals surface area contributed by atoms with Crippen molar-refractivity contribution in [1.29, 1.82) is 0 Å². The minimum Gasteiger partial charge on any atom is -0.393 e. The van der Waals surface area contributed by atoms with Crippen LogP contribution in [-0.2, 0) is 9.59 Å². The first kappa shape index (κ1) is 38.6. The molecule has 11 atom stereocenters. The molecule has 8 heteroatoms. The van der Waals surface area contributed by atoms with Crippen molar-refractivity contribution in [2.24, 2.45) is 52.1 Å². The Morgan fingerprint density at radius 2 is 1.64 bits per heavy atom. The normalized spacial score (nSPS) is 37.0. The standard InChI is InChI=1S/C39H71N3O5/c1-5-22-42(36(47)13-9-7-6-8-10-20-40)23-12-11-21-41-35(46)17-14-27(2)30-15-16-31-37-32(26-34(45)39(30,31)4)38(3)19-18-29(43)24-28(38)25-33(37)44/h27-34,37,43-45H,5-26,40H2,1-4H3,(H,41,46)/t27-,28?,29?,30?,31?,32?,33?,34?,37?,38?,39?/m1/s1. The number of unbranched alkanes of at least 4 members (excludes halogenated alkanes) is 5. The molecule has 0 aromatic rings. The van der Waals surface area contributed by atoms with Crippen molar-refractivity contribution in [3.05, 3.63) is 0 Å². The van der Waals surface area contributed by atoms with E-state index in [-0.39, 0.29) is 40.8 Å². The summed E-state index contributed by atoms with van der Waals surface area (Å²) >= 11 is 0. The summed E-state index contributed by atoms with van der Waals surface area (Å²) in [5.74, 6) is 2.18. The number of nitrogens with one attached hydrogen (secondary N) is 1. The third-order valence-corrected chi connectivity index (χ3v) is 14.0. The van der Waals surface area contributed by atoms with E-state index in [0.717, 1.165) is 122 Å². The van der Waals surface area contributed by atoms with Crippen molar-refractivity contribution in [3.63, 3.8) is 0 Å². The van der Waals surface area contributed by atoms with E-state index in [1.807, 2.05) is 4.90 Å². The Labute approximate surface area is 286 Å². The Morgan fingerprint density at radius 1 is 0.894 bits per heavy atom. The molecule has 6 N–H and O–H groups in total. The summed E-state index contributed by atoms with van der Waals surface area (Å²) in [6, 6.07) is 0. The highest BCUT2D eigenvalue weighted by molar-refractivity contribution is 5.76. The molecule has 4 saturated carbocycles. The van der Waals surface area contributed by atoms with E-state index >= 15 is 0 Å². The molecule has 272 valence electrons. The second-order valence-electron chi connectivity index (χ2n) is 16.8. The molecule has 0 spiro atoms. The molecule has 4 aliphatic carbocycles. The fourth-order valence-corrected chi connectivity index (χ4v) is 11.2. The van der Waals surface area contributed by atoms with Gasteiger partial charge in [-0.05, 0) is 136 Å². The van der Waals surface area contributed by atoms with Gasteiger partial charge in [0.2, 0.25) is 11.8 Å². The number of hydrogen-bond acceptors (Lipinski definition) is 6. The van der Waals surface area contributed by atoms with Crippen LogP contribution < -0.4 is 11.1 Å². The van der Waals surface area contributed by atoms with Gasteiger partial charge < -0.3 is 31.3 Å². The molecule has 4 aliphatic rings. The average molecular weight is 662 g/mol. The summed E-state index contributed by atoms with van der Waals surface area (Å²) in [6.45, 7) is 12.0. The Balaban J connectivity index is 1.19. The summed E-state index contributed by atoms with van der Waals surface area (Å²) in [5.41, 5.74) is 5.42. The third-order valence-electron chi connectivity index (χ3n) is 14.0. The van der Waals surface area contributed by atoms with Crippen molar-refractivity contribution in [3.8, 4) is 0 Å². The molecule has 10 unspecified atom stereocenters. The van der Waals surface area contributed by atoms with Crippen LogP contribution in [-0.4, -0.2) is 76.5 Å². The minimum absolute atomic E-state index is 0.0847. The van der Waals surface area contributed by atoms with E-state index in [1.54, 1.807) is 0 Å². The molecule has 0 bridgehead atoms. The van der Waals surface area contributed by atoms with E-state index in [0.29, 0.717) is 49.0 Å². The Hall–Kier alpha value is -1.22. The van der Waals surface area contributed by atoms with Gasteiger partial charge in [0.15, 0.2) is 0 Å². The SMILES string of the molecule is CCCN(CCCCNC(=O)CC[C@@H](C)C1CCC2C3C(O)CC4CC(O)CCC4(C)C3CC(O)C21C)C(=O)CCCCCCCN. The predicted octanol–water partition coefficient (Wildman–Crippen LogP) is 5.80. The van der Waals surface area contributed by atoms with E-state index in [4.69, 9.17) is 5.73 Å². The number of aliphatic hydroxyl groups is 3. The van der Waals surface area contributed by atoms with Gasteiger partial charge in [-0.1, -0.05) is 47.0 Å². The highest BCUT2D eigenvalue weighted by Gasteiger charge is 2.65. The summed E-state index contributed by atoms with van der Waals surface area (Å²) in [4.78, 5) is 27.6. The zero-order chi connectivity index (χ0) is 34.2.